The number of hydrogen-bond donors (Lipinski definition) is 1. The van der Waals surface area contributed by atoms with E-state index in [0.29, 0.717) is 17.2 Å². The molecule has 0 unspecified atom stereocenters. The molecule has 0 aliphatic heterocycles. The first kappa shape index (κ1) is 16.6. The van der Waals surface area contributed by atoms with Gasteiger partial charge in [0, 0.05) is 5.39 Å². The number of allylic oxidation sites excluding steroid dienone is 1. The second-order valence-electron chi connectivity index (χ2n) is 5.52. The fourth-order valence-corrected chi connectivity index (χ4v) is 2.66. The highest BCUT2D eigenvalue weighted by atomic mass is 16.6. The van der Waals surface area contributed by atoms with Crippen LogP contribution in [0.25, 0.3) is 10.8 Å². The van der Waals surface area contributed by atoms with Gasteiger partial charge in [-0.15, -0.1) is 6.58 Å². The zero-order chi connectivity index (χ0) is 17.6. The SMILES string of the molecule is C=CCc1ccc(OC(=O)Nc2cccc3ccccc23)c(OC)c1. The lowest BCUT2D eigenvalue weighted by atomic mass is 10.1. The Morgan fingerprint density at radius 1 is 1.08 bits per heavy atom. The van der Waals surface area contributed by atoms with E-state index in [1.807, 2.05) is 60.7 Å². The van der Waals surface area contributed by atoms with Crippen molar-refractivity contribution in [2.24, 2.45) is 0 Å². The summed E-state index contributed by atoms with van der Waals surface area (Å²) < 4.78 is 10.7. The summed E-state index contributed by atoms with van der Waals surface area (Å²) in [5.74, 6) is 0.875. The van der Waals surface area contributed by atoms with Crippen LogP contribution in [0, 0.1) is 0 Å². The highest BCUT2D eigenvalue weighted by Gasteiger charge is 2.12. The summed E-state index contributed by atoms with van der Waals surface area (Å²) in [5.41, 5.74) is 1.74. The number of anilines is 1. The molecule has 126 valence electrons. The van der Waals surface area contributed by atoms with Gasteiger partial charge in [-0.2, -0.15) is 0 Å². The van der Waals surface area contributed by atoms with Crippen molar-refractivity contribution < 1.29 is 14.3 Å². The third-order valence-corrected chi connectivity index (χ3v) is 3.84. The maximum Gasteiger partial charge on any atom is 0.417 e. The van der Waals surface area contributed by atoms with Gasteiger partial charge in [-0.1, -0.05) is 48.5 Å². The van der Waals surface area contributed by atoms with Crippen molar-refractivity contribution in [2.45, 2.75) is 6.42 Å². The number of carbonyl (C=O) groups excluding carboxylic acids is 1. The van der Waals surface area contributed by atoms with E-state index >= 15 is 0 Å². The Morgan fingerprint density at radius 2 is 1.88 bits per heavy atom. The average Bonchev–Trinajstić information content (AvgIpc) is 2.63. The molecule has 0 aromatic heterocycles. The first-order chi connectivity index (χ1) is 12.2. The predicted molar refractivity (Wildman–Crippen MR) is 100 cm³/mol. The fraction of sp³-hybridized carbons (Fsp3) is 0.0952. The van der Waals surface area contributed by atoms with Gasteiger partial charge < -0.3 is 9.47 Å². The normalized spacial score (nSPS) is 10.3. The molecule has 0 saturated heterocycles. The van der Waals surface area contributed by atoms with Gasteiger partial charge in [0.15, 0.2) is 11.5 Å². The number of fused-ring (bicyclic) bond motifs is 1. The van der Waals surface area contributed by atoms with Crippen molar-refractivity contribution in [1.29, 1.82) is 0 Å². The molecular weight excluding hydrogens is 314 g/mol. The third kappa shape index (κ3) is 3.80. The summed E-state index contributed by atoms with van der Waals surface area (Å²) in [6, 6.07) is 19.0. The summed E-state index contributed by atoms with van der Waals surface area (Å²) in [4.78, 5) is 12.3. The lowest BCUT2D eigenvalue weighted by Crippen LogP contribution is -2.17. The van der Waals surface area contributed by atoms with Crippen LogP contribution >= 0.6 is 0 Å². The number of nitrogens with one attached hydrogen (secondary N) is 1. The molecule has 0 aliphatic carbocycles. The number of rotatable bonds is 5. The Labute approximate surface area is 146 Å². The molecule has 3 aromatic rings. The molecule has 1 N–H and O–H groups in total. The van der Waals surface area contributed by atoms with Gasteiger partial charge in [-0.3, -0.25) is 5.32 Å². The van der Waals surface area contributed by atoms with E-state index in [2.05, 4.69) is 11.9 Å². The highest BCUT2D eigenvalue weighted by Crippen LogP contribution is 2.29. The number of benzene rings is 3. The summed E-state index contributed by atoms with van der Waals surface area (Å²) in [6.45, 7) is 3.72. The second-order valence-corrected chi connectivity index (χ2v) is 5.52. The van der Waals surface area contributed by atoms with E-state index in [9.17, 15) is 4.79 Å². The maximum atomic E-state index is 12.3. The van der Waals surface area contributed by atoms with Gasteiger partial charge >= 0.3 is 6.09 Å². The van der Waals surface area contributed by atoms with Crippen molar-refractivity contribution in [1.82, 2.24) is 0 Å². The molecule has 0 saturated carbocycles. The average molecular weight is 333 g/mol. The van der Waals surface area contributed by atoms with Crippen LogP contribution in [0.2, 0.25) is 0 Å². The van der Waals surface area contributed by atoms with Crippen LogP contribution in [0.4, 0.5) is 10.5 Å². The molecule has 4 nitrogen and oxygen atoms in total. The Balaban J connectivity index is 1.79. The zero-order valence-corrected chi connectivity index (χ0v) is 14.0. The largest absolute Gasteiger partial charge is 0.493 e. The van der Waals surface area contributed by atoms with E-state index in [1.54, 1.807) is 13.2 Å². The molecule has 0 atom stereocenters. The molecule has 0 aliphatic rings. The Morgan fingerprint density at radius 3 is 2.68 bits per heavy atom. The molecule has 3 aromatic carbocycles. The first-order valence-electron chi connectivity index (χ1n) is 7.95. The van der Waals surface area contributed by atoms with E-state index in [1.165, 1.54) is 0 Å². The smallest absolute Gasteiger partial charge is 0.417 e. The molecule has 0 bridgehead atoms. The standard InChI is InChI=1S/C21H19NO3/c1-3-7-15-12-13-19(20(14-15)24-2)25-21(23)22-18-11-6-9-16-8-4-5-10-17(16)18/h3-6,8-14H,1,7H2,2H3,(H,22,23). The minimum Gasteiger partial charge on any atom is -0.493 e. The Bertz CT molecular complexity index is 913. The van der Waals surface area contributed by atoms with Crippen LogP contribution in [0.15, 0.2) is 73.3 Å². The molecule has 0 radical (unpaired) electrons. The van der Waals surface area contributed by atoms with Crippen LogP contribution in [0.3, 0.4) is 0 Å². The molecule has 0 spiro atoms. The minimum absolute atomic E-state index is 0.369. The van der Waals surface area contributed by atoms with Crippen LogP contribution in [-0.2, 0) is 6.42 Å². The molecule has 3 rings (SSSR count). The van der Waals surface area contributed by atoms with Gasteiger partial charge in [-0.05, 0) is 35.6 Å². The lowest BCUT2D eigenvalue weighted by molar-refractivity contribution is 0.213. The Kier molecular flexibility index (Phi) is 5.00. The van der Waals surface area contributed by atoms with Crippen LogP contribution in [0.5, 0.6) is 11.5 Å². The number of amides is 1. The zero-order valence-electron chi connectivity index (χ0n) is 14.0. The predicted octanol–water partition coefficient (Wildman–Crippen LogP) is 5.19. The van der Waals surface area contributed by atoms with E-state index in [0.717, 1.165) is 22.8 Å². The lowest BCUT2D eigenvalue weighted by Gasteiger charge is -2.12. The number of methoxy groups -OCH3 is 1. The molecule has 0 heterocycles. The van der Waals surface area contributed by atoms with Crippen molar-refractivity contribution in [3.8, 4) is 11.5 Å². The van der Waals surface area contributed by atoms with Crippen molar-refractivity contribution in [2.75, 3.05) is 12.4 Å². The summed E-state index contributed by atoms with van der Waals surface area (Å²) in [5, 5.41) is 4.79. The highest BCUT2D eigenvalue weighted by molar-refractivity contribution is 6.00. The van der Waals surface area contributed by atoms with Gasteiger partial charge in [0.2, 0.25) is 0 Å². The Hall–Kier alpha value is -3.27. The molecular formula is C21H19NO3. The number of carbonyl (C=O) groups is 1. The van der Waals surface area contributed by atoms with E-state index in [-0.39, 0.29) is 0 Å². The molecule has 25 heavy (non-hydrogen) atoms. The van der Waals surface area contributed by atoms with Crippen molar-refractivity contribution >= 4 is 22.6 Å². The fourth-order valence-electron chi connectivity index (χ4n) is 2.66. The summed E-state index contributed by atoms with van der Waals surface area (Å²) in [6.07, 6.45) is 1.97. The number of hydrogen-bond acceptors (Lipinski definition) is 3. The minimum atomic E-state index is -0.564. The van der Waals surface area contributed by atoms with Gasteiger partial charge in [0.1, 0.15) is 0 Å². The summed E-state index contributed by atoms with van der Waals surface area (Å²) in [7, 11) is 1.54. The molecule has 4 heteroatoms. The molecule has 1 amide bonds. The van der Waals surface area contributed by atoms with Gasteiger partial charge in [-0.25, -0.2) is 4.79 Å². The summed E-state index contributed by atoms with van der Waals surface area (Å²) >= 11 is 0. The van der Waals surface area contributed by atoms with Crippen LogP contribution < -0.4 is 14.8 Å². The van der Waals surface area contributed by atoms with Crippen LogP contribution in [0.1, 0.15) is 5.56 Å². The topological polar surface area (TPSA) is 47.6 Å². The van der Waals surface area contributed by atoms with Crippen LogP contribution in [-0.4, -0.2) is 13.2 Å². The van der Waals surface area contributed by atoms with E-state index in [4.69, 9.17) is 9.47 Å². The second kappa shape index (κ2) is 7.53. The van der Waals surface area contributed by atoms with Crippen molar-refractivity contribution in [3.63, 3.8) is 0 Å². The van der Waals surface area contributed by atoms with Gasteiger partial charge in [0.25, 0.3) is 0 Å². The number of ether oxygens (including phenoxy) is 2. The quantitative estimate of drug-likeness (QED) is 0.654. The van der Waals surface area contributed by atoms with Gasteiger partial charge in [0.05, 0.1) is 12.8 Å². The van der Waals surface area contributed by atoms with Crippen molar-refractivity contribution in [3.05, 3.63) is 78.9 Å². The molecule has 0 fully saturated rings. The van der Waals surface area contributed by atoms with E-state index < -0.39 is 6.09 Å². The monoisotopic (exact) mass is 333 g/mol. The first-order valence-corrected chi connectivity index (χ1v) is 7.95. The third-order valence-electron chi connectivity index (χ3n) is 3.84. The maximum absolute atomic E-state index is 12.3.